The fraction of sp³-hybridized carbons (Fsp3) is 0.353. The Hall–Kier alpha value is -0.700. The van der Waals surface area contributed by atoms with Crippen LogP contribution in [0.1, 0.15) is 40.5 Å². The Bertz CT molecular complexity index is 574. The standard InChI is InChI=1S/C17H21Cl2NS/c1-5-8-12(3)11-20-17(13(4)6-2)21-15-10-7-9-14(18)16(15)19/h7-11H,5-6H2,1-4H3/b12-8-,17-13-,20-11-. The summed E-state index contributed by atoms with van der Waals surface area (Å²) in [7, 11) is 0. The van der Waals surface area contributed by atoms with Crippen molar-refractivity contribution >= 4 is 41.2 Å². The fourth-order valence-electron chi connectivity index (χ4n) is 1.58. The molecular formula is C17H21Cl2NS. The Morgan fingerprint density at radius 1 is 1.24 bits per heavy atom. The number of aliphatic imine (C=N–C) groups is 1. The van der Waals surface area contributed by atoms with Crippen LogP contribution in [-0.2, 0) is 0 Å². The molecule has 0 heterocycles. The number of thioether (sulfide) groups is 1. The first kappa shape index (κ1) is 18.3. The molecule has 0 aromatic heterocycles. The molecule has 0 aliphatic rings. The van der Waals surface area contributed by atoms with Crippen molar-refractivity contribution in [2.24, 2.45) is 4.99 Å². The summed E-state index contributed by atoms with van der Waals surface area (Å²) >= 11 is 13.9. The van der Waals surface area contributed by atoms with Gasteiger partial charge >= 0.3 is 0 Å². The van der Waals surface area contributed by atoms with Crippen molar-refractivity contribution in [2.45, 2.75) is 45.4 Å². The van der Waals surface area contributed by atoms with Gasteiger partial charge in [-0.3, -0.25) is 0 Å². The summed E-state index contributed by atoms with van der Waals surface area (Å²) in [5.41, 5.74) is 2.40. The van der Waals surface area contributed by atoms with Crippen LogP contribution in [0.4, 0.5) is 0 Å². The van der Waals surface area contributed by atoms with Crippen LogP contribution in [-0.4, -0.2) is 6.21 Å². The molecule has 0 saturated heterocycles. The third-order valence-electron chi connectivity index (χ3n) is 2.93. The highest BCUT2D eigenvalue weighted by Gasteiger charge is 2.09. The first-order chi connectivity index (χ1) is 9.99. The Morgan fingerprint density at radius 3 is 2.57 bits per heavy atom. The van der Waals surface area contributed by atoms with Gasteiger partial charge in [-0.15, -0.1) is 0 Å². The van der Waals surface area contributed by atoms with E-state index in [-0.39, 0.29) is 0 Å². The number of nitrogens with zero attached hydrogens (tertiary/aromatic N) is 1. The predicted molar refractivity (Wildman–Crippen MR) is 97.9 cm³/mol. The van der Waals surface area contributed by atoms with Crippen molar-refractivity contribution < 1.29 is 0 Å². The molecule has 0 spiro atoms. The lowest BCUT2D eigenvalue weighted by atomic mass is 10.2. The zero-order valence-corrected chi connectivity index (χ0v) is 15.2. The second-order valence-corrected chi connectivity index (χ2v) is 6.52. The lowest BCUT2D eigenvalue weighted by Gasteiger charge is -2.08. The van der Waals surface area contributed by atoms with Gasteiger partial charge in [-0.05, 0) is 50.0 Å². The minimum Gasteiger partial charge on any atom is -0.249 e. The maximum absolute atomic E-state index is 6.26. The molecule has 0 bridgehead atoms. The lowest BCUT2D eigenvalue weighted by Crippen LogP contribution is -1.85. The molecule has 4 heteroatoms. The number of hydrogen-bond acceptors (Lipinski definition) is 2. The van der Waals surface area contributed by atoms with Gasteiger partial charge in [0.15, 0.2) is 0 Å². The summed E-state index contributed by atoms with van der Waals surface area (Å²) in [5.74, 6) is 0. The fourth-order valence-corrected chi connectivity index (χ4v) is 3.03. The van der Waals surface area contributed by atoms with Gasteiger partial charge < -0.3 is 0 Å². The smallest absolute Gasteiger partial charge is 0.0997 e. The molecule has 1 aromatic rings. The Morgan fingerprint density at radius 2 is 1.95 bits per heavy atom. The zero-order valence-electron chi connectivity index (χ0n) is 12.9. The van der Waals surface area contributed by atoms with Crippen LogP contribution in [0.25, 0.3) is 0 Å². The van der Waals surface area contributed by atoms with Gasteiger partial charge in [0, 0.05) is 11.1 Å². The highest BCUT2D eigenvalue weighted by atomic mass is 35.5. The Balaban J connectivity index is 3.06. The van der Waals surface area contributed by atoms with Crippen molar-refractivity contribution in [1.29, 1.82) is 0 Å². The van der Waals surface area contributed by atoms with E-state index in [0.29, 0.717) is 10.0 Å². The lowest BCUT2D eigenvalue weighted by molar-refractivity contribution is 1.08. The quantitative estimate of drug-likeness (QED) is 0.395. The van der Waals surface area contributed by atoms with Crippen molar-refractivity contribution in [3.8, 4) is 0 Å². The Kier molecular flexibility index (Phi) is 8.16. The second kappa shape index (κ2) is 9.34. The zero-order chi connectivity index (χ0) is 15.8. The van der Waals surface area contributed by atoms with Gasteiger partial charge in [0.25, 0.3) is 0 Å². The van der Waals surface area contributed by atoms with Gasteiger partial charge in [0.2, 0.25) is 0 Å². The third-order valence-corrected chi connectivity index (χ3v) is 5.07. The average Bonchev–Trinajstić information content (AvgIpc) is 2.47. The van der Waals surface area contributed by atoms with Crippen molar-refractivity contribution in [1.82, 2.24) is 0 Å². The topological polar surface area (TPSA) is 12.4 Å². The van der Waals surface area contributed by atoms with E-state index in [1.54, 1.807) is 17.8 Å². The van der Waals surface area contributed by atoms with Crippen LogP contribution < -0.4 is 0 Å². The van der Waals surface area contributed by atoms with E-state index in [2.05, 4.69) is 38.8 Å². The van der Waals surface area contributed by atoms with E-state index >= 15 is 0 Å². The molecule has 1 nitrogen and oxygen atoms in total. The summed E-state index contributed by atoms with van der Waals surface area (Å²) < 4.78 is 0. The molecule has 0 N–H and O–H groups in total. The molecule has 0 radical (unpaired) electrons. The number of allylic oxidation sites excluding steroid dienone is 3. The van der Waals surface area contributed by atoms with Crippen LogP contribution >= 0.6 is 35.0 Å². The summed E-state index contributed by atoms with van der Waals surface area (Å²) in [6.45, 7) is 8.39. The largest absolute Gasteiger partial charge is 0.249 e. The van der Waals surface area contributed by atoms with Crippen LogP contribution in [0.2, 0.25) is 10.0 Å². The molecule has 1 rings (SSSR count). The second-order valence-electron chi connectivity index (χ2n) is 4.71. The van der Waals surface area contributed by atoms with Crippen molar-refractivity contribution in [3.63, 3.8) is 0 Å². The highest BCUT2D eigenvalue weighted by molar-refractivity contribution is 8.03. The van der Waals surface area contributed by atoms with Gasteiger partial charge in [-0.1, -0.05) is 61.0 Å². The molecule has 114 valence electrons. The highest BCUT2D eigenvalue weighted by Crippen LogP contribution is 2.38. The van der Waals surface area contributed by atoms with Crippen LogP contribution in [0.15, 0.2) is 50.3 Å². The maximum Gasteiger partial charge on any atom is 0.0997 e. The van der Waals surface area contributed by atoms with Gasteiger partial charge in [0.05, 0.1) is 15.1 Å². The van der Waals surface area contributed by atoms with Crippen molar-refractivity contribution in [3.05, 3.63) is 50.5 Å². The molecular weight excluding hydrogens is 321 g/mol. The molecule has 1 aromatic carbocycles. The minimum absolute atomic E-state index is 0.571. The van der Waals surface area contributed by atoms with E-state index in [9.17, 15) is 0 Å². The van der Waals surface area contributed by atoms with Gasteiger partial charge in [-0.25, -0.2) is 4.99 Å². The number of halogens is 2. The summed E-state index contributed by atoms with van der Waals surface area (Å²) in [6, 6.07) is 5.66. The van der Waals surface area contributed by atoms with E-state index in [0.717, 1.165) is 28.3 Å². The van der Waals surface area contributed by atoms with E-state index < -0.39 is 0 Å². The Labute approximate surface area is 142 Å². The average molecular weight is 342 g/mol. The first-order valence-corrected chi connectivity index (χ1v) is 8.59. The molecule has 0 amide bonds. The molecule has 0 fully saturated rings. The summed E-state index contributed by atoms with van der Waals surface area (Å²) in [4.78, 5) is 5.56. The molecule has 0 unspecified atom stereocenters. The molecule has 0 atom stereocenters. The first-order valence-electron chi connectivity index (χ1n) is 7.02. The normalized spacial score (nSPS) is 13.7. The van der Waals surface area contributed by atoms with Crippen LogP contribution in [0.5, 0.6) is 0 Å². The summed E-state index contributed by atoms with van der Waals surface area (Å²) in [5, 5.41) is 2.13. The molecule has 21 heavy (non-hydrogen) atoms. The molecule has 0 aliphatic carbocycles. The minimum atomic E-state index is 0.571. The van der Waals surface area contributed by atoms with Crippen molar-refractivity contribution in [2.75, 3.05) is 0 Å². The van der Waals surface area contributed by atoms with Crippen LogP contribution in [0, 0.1) is 0 Å². The van der Waals surface area contributed by atoms with E-state index in [4.69, 9.17) is 23.2 Å². The summed E-state index contributed by atoms with van der Waals surface area (Å²) in [6.07, 6.45) is 6.02. The van der Waals surface area contributed by atoms with Gasteiger partial charge in [-0.2, -0.15) is 0 Å². The SMILES string of the molecule is CC\C=C(C)/C=N\C(Sc1cccc(Cl)c1Cl)=C(/C)CC. The number of hydrogen-bond donors (Lipinski definition) is 0. The maximum atomic E-state index is 6.26. The van der Waals surface area contributed by atoms with Crippen LogP contribution in [0.3, 0.4) is 0 Å². The number of rotatable bonds is 6. The van der Waals surface area contributed by atoms with E-state index in [1.807, 2.05) is 18.3 Å². The number of benzene rings is 1. The van der Waals surface area contributed by atoms with E-state index in [1.165, 1.54) is 5.57 Å². The predicted octanol–water partition coefficient (Wildman–Crippen LogP) is 7.15. The third kappa shape index (κ3) is 5.90. The monoisotopic (exact) mass is 341 g/mol. The molecule has 0 aliphatic heterocycles. The molecule has 0 saturated carbocycles. The van der Waals surface area contributed by atoms with Gasteiger partial charge in [0.1, 0.15) is 0 Å².